The number of benzene rings is 1. The van der Waals surface area contributed by atoms with Crippen LogP contribution < -0.4 is 10.2 Å². The van der Waals surface area contributed by atoms with E-state index >= 15 is 0 Å². The third-order valence-corrected chi connectivity index (χ3v) is 4.13. The predicted octanol–water partition coefficient (Wildman–Crippen LogP) is 3.17. The van der Waals surface area contributed by atoms with Crippen LogP contribution in [0.5, 0.6) is 0 Å². The van der Waals surface area contributed by atoms with E-state index in [1.807, 2.05) is 36.4 Å². The number of carbonyl (C=O) groups excluding carboxylic acids is 2. The maximum atomic E-state index is 12.1. The summed E-state index contributed by atoms with van der Waals surface area (Å²) in [5, 5.41) is 2.91. The summed E-state index contributed by atoms with van der Waals surface area (Å²) in [5.74, 6) is 0.113. The number of piperidine rings is 1. The summed E-state index contributed by atoms with van der Waals surface area (Å²) in [6.07, 6.45) is 7.13. The summed E-state index contributed by atoms with van der Waals surface area (Å²) < 4.78 is 0. The lowest BCUT2D eigenvalue weighted by Crippen LogP contribution is -2.35. The van der Waals surface area contributed by atoms with Crippen LogP contribution in [0.2, 0.25) is 0 Å². The second-order valence-corrected chi connectivity index (χ2v) is 5.96. The number of carbonyl (C=O) groups is 2. The summed E-state index contributed by atoms with van der Waals surface area (Å²) in [6, 6.07) is 11.3. The van der Waals surface area contributed by atoms with Crippen LogP contribution in [-0.2, 0) is 16.0 Å². The van der Waals surface area contributed by atoms with Crippen molar-refractivity contribution in [3.05, 3.63) is 54.4 Å². The number of hydrogen-bond donors (Lipinski definition) is 1. The van der Waals surface area contributed by atoms with E-state index in [0.29, 0.717) is 19.3 Å². The van der Waals surface area contributed by atoms with Gasteiger partial charge in [-0.15, -0.1) is 0 Å². The molecule has 2 aromatic rings. The zero-order valence-electron chi connectivity index (χ0n) is 13.6. The standard InChI is InChI=1S/C19H21N3O2/c23-18(10-9-15-5-4-11-20-14-15)21-16-6-3-7-17(13-16)22-12-2-1-8-19(22)24/h3-7,11,13-14H,1-2,8-10,12H2,(H,21,23). The molecule has 0 aliphatic carbocycles. The number of pyridine rings is 1. The van der Waals surface area contributed by atoms with Gasteiger partial charge in [0.05, 0.1) is 0 Å². The largest absolute Gasteiger partial charge is 0.326 e. The number of nitrogens with zero attached hydrogens (tertiary/aromatic N) is 2. The van der Waals surface area contributed by atoms with Crippen molar-refractivity contribution in [3.8, 4) is 0 Å². The quantitative estimate of drug-likeness (QED) is 0.919. The predicted molar refractivity (Wildman–Crippen MR) is 93.8 cm³/mol. The molecule has 0 radical (unpaired) electrons. The van der Waals surface area contributed by atoms with Gasteiger partial charge in [0.25, 0.3) is 0 Å². The smallest absolute Gasteiger partial charge is 0.226 e. The third kappa shape index (κ3) is 4.19. The van der Waals surface area contributed by atoms with Crippen molar-refractivity contribution < 1.29 is 9.59 Å². The van der Waals surface area contributed by atoms with Crippen LogP contribution in [0.15, 0.2) is 48.8 Å². The lowest BCUT2D eigenvalue weighted by Gasteiger charge is -2.27. The first-order valence-corrected chi connectivity index (χ1v) is 8.31. The first-order chi connectivity index (χ1) is 11.7. The molecule has 1 aliphatic heterocycles. The van der Waals surface area contributed by atoms with Gasteiger partial charge in [-0.2, -0.15) is 0 Å². The highest BCUT2D eigenvalue weighted by atomic mass is 16.2. The van der Waals surface area contributed by atoms with Gasteiger partial charge in [-0.3, -0.25) is 14.6 Å². The van der Waals surface area contributed by atoms with E-state index in [1.54, 1.807) is 17.3 Å². The van der Waals surface area contributed by atoms with E-state index in [4.69, 9.17) is 0 Å². The highest BCUT2D eigenvalue weighted by Crippen LogP contribution is 2.24. The second-order valence-electron chi connectivity index (χ2n) is 5.96. The summed E-state index contributed by atoms with van der Waals surface area (Å²) in [7, 11) is 0. The molecule has 124 valence electrons. The topological polar surface area (TPSA) is 62.3 Å². The molecular weight excluding hydrogens is 302 g/mol. The molecule has 0 bridgehead atoms. The van der Waals surface area contributed by atoms with Crippen molar-refractivity contribution in [1.82, 2.24) is 4.98 Å². The summed E-state index contributed by atoms with van der Waals surface area (Å²) in [4.78, 5) is 30.0. The van der Waals surface area contributed by atoms with E-state index in [2.05, 4.69) is 10.3 Å². The second kappa shape index (κ2) is 7.73. The molecule has 5 heteroatoms. The molecule has 0 saturated carbocycles. The van der Waals surface area contributed by atoms with Crippen LogP contribution in [0.25, 0.3) is 0 Å². The zero-order valence-corrected chi connectivity index (χ0v) is 13.6. The Balaban J connectivity index is 1.59. The molecule has 0 atom stereocenters. The monoisotopic (exact) mass is 323 g/mol. The SMILES string of the molecule is O=C(CCc1cccnc1)Nc1cccc(N2CCCCC2=O)c1. The van der Waals surface area contributed by atoms with Crippen LogP contribution in [0.3, 0.4) is 0 Å². The van der Waals surface area contributed by atoms with E-state index in [-0.39, 0.29) is 11.8 Å². The minimum Gasteiger partial charge on any atom is -0.326 e. The van der Waals surface area contributed by atoms with Crippen molar-refractivity contribution in [2.45, 2.75) is 32.1 Å². The molecule has 0 spiro atoms. The van der Waals surface area contributed by atoms with Crippen LogP contribution in [0, 0.1) is 0 Å². The molecule has 1 aliphatic rings. The van der Waals surface area contributed by atoms with Crippen molar-refractivity contribution >= 4 is 23.2 Å². The Kier molecular flexibility index (Phi) is 5.21. The van der Waals surface area contributed by atoms with E-state index < -0.39 is 0 Å². The fourth-order valence-electron chi connectivity index (χ4n) is 2.86. The minimum atomic E-state index is -0.0408. The molecule has 2 heterocycles. The molecule has 24 heavy (non-hydrogen) atoms. The van der Waals surface area contributed by atoms with Crippen molar-refractivity contribution in [2.24, 2.45) is 0 Å². The zero-order chi connectivity index (χ0) is 16.8. The van der Waals surface area contributed by atoms with Gasteiger partial charge in [0.1, 0.15) is 0 Å². The maximum Gasteiger partial charge on any atom is 0.226 e. The lowest BCUT2D eigenvalue weighted by atomic mass is 10.1. The van der Waals surface area contributed by atoms with Gasteiger partial charge < -0.3 is 10.2 Å². The number of hydrogen-bond acceptors (Lipinski definition) is 3. The molecule has 5 nitrogen and oxygen atoms in total. The van der Waals surface area contributed by atoms with Crippen LogP contribution in [0.4, 0.5) is 11.4 Å². The van der Waals surface area contributed by atoms with Crippen LogP contribution in [-0.4, -0.2) is 23.3 Å². The highest BCUT2D eigenvalue weighted by Gasteiger charge is 2.19. The molecule has 1 fully saturated rings. The lowest BCUT2D eigenvalue weighted by molar-refractivity contribution is -0.119. The fraction of sp³-hybridized carbons (Fsp3) is 0.316. The molecule has 1 aromatic heterocycles. The van der Waals surface area contributed by atoms with E-state index in [9.17, 15) is 9.59 Å². The maximum absolute atomic E-state index is 12.1. The van der Waals surface area contributed by atoms with Crippen LogP contribution in [0.1, 0.15) is 31.2 Å². The number of aryl methyl sites for hydroxylation is 1. The van der Waals surface area contributed by atoms with Gasteiger partial charge in [-0.05, 0) is 49.1 Å². The molecule has 2 amide bonds. The third-order valence-electron chi connectivity index (χ3n) is 4.13. The number of nitrogens with one attached hydrogen (secondary N) is 1. The Bertz CT molecular complexity index is 716. The number of rotatable bonds is 5. The molecule has 1 aromatic carbocycles. The average molecular weight is 323 g/mol. The Hall–Kier alpha value is -2.69. The molecule has 0 unspecified atom stereocenters. The van der Waals surface area contributed by atoms with Gasteiger partial charge in [0.2, 0.25) is 11.8 Å². The normalized spacial score (nSPS) is 14.5. The Morgan fingerprint density at radius 2 is 2.12 bits per heavy atom. The van der Waals surface area contributed by atoms with Gasteiger partial charge in [-0.25, -0.2) is 0 Å². The summed E-state index contributed by atoms with van der Waals surface area (Å²) in [6.45, 7) is 0.747. The van der Waals surface area contributed by atoms with E-state index in [1.165, 1.54) is 0 Å². The number of aromatic nitrogens is 1. The van der Waals surface area contributed by atoms with Crippen molar-refractivity contribution in [1.29, 1.82) is 0 Å². The minimum absolute atomic E-state index is 0.0408. The molecule has 1 N–H and O–H groups in total. The van der Waals surface area contributed by atoms with Crippen molar-refractivity contribution in [3.63, 3.8) is 0 Å². The van der Waals surface area contributed by atoms with Gasteiger partial charge >= 0.3 is 0 Å². The van der Waals surface area contributed by atoms with Crippen LogP contribution >= 0.6 is 0 Å². The van der Waals surface area contributed by atoms with Gasteiger partial charge in [0, 0.05) is 43.2 Å². The average Bonchev–Trinajstić information content (AvgIpc) is 2.61. The molecular formula is C19H21N3O2. The van der Waals surface area contributed by atoms with Crippen molar-refractivity contribution in [2.75, 3.05) is 16.8 Å². The van der Waals surface area contributed by atoms with Gasteiger partial charge in [-0.1, -0.05) is 12.1 Å². The Morgan fingerprint density at radius 3 is 2.92 bits per heavy atom. The first kappa shape index (κ1) is 16.2. The first-order valence-electron chi connectivity index (χ1n) is 8.31. The van der Waals surface area contributed by atoms with Gasteiger partial charge in [0.15, 0.2) is 0 Å². The number of amides is 2. The Labute approximate surface area is 141 Å². The highest BCUT2D eigenvalue weighted by molar-refractivity contribution is 5.96. The molecule has 1 saturated heterocycles. The number of anilines is 2. The summed E-state index contributed by atoms with van der Waals surface area (Å²) in [5.41, 5.74) is 2.62. The Morgan fingerprint density at radius 1 is 1.21 bits per heavy atom. The van der Waals surface area contributed by atoms with E-state index in [0.717, 1.165) is 36.3 Å². The molecule has 3 rings (SSSR count). The summed E-state index contributed by atoms with van der Waals surface area (Å²) >= 11 is 0. The fourth-order valence-corrected chi connectivity index (χ4v) is 2.86.